The Kier molecular flexibility index (Phi) is 6.37. The first kappa shape index (κ1) is 19.7. The molecule has 1 saturated carbocycles. The molecular weight excluding hydrogens is 342 g/mol. The minimum atomic E-state index is -0.279. The molecule has 6 heteroatoms. The van der Waals surface area contributed by atoms with E-state index in [4.69, 9.17) is 10.5 Å². The van der Waals surface area contributed by atoms with Crippen LogP contribution in [0.4, 0.5) is 0 Å². The summed E-state index contributed by atoms with van der Waals surface area (Å²) in [7, 11) is 0. The van der Waals surface area contributed by atoms with Gasteiger partial charge in [0.05, 0.1) is 18.6 Å². The topological polar surface area (TPSA) is 84.7 Å². The summed E-state index contributed by atoms with van der Waals surface area (Å²) in [5.41, 5.74) is 5.62. The van der Waals surface area contributed by atoms with Gasteiger partial charge in [-0.25, -0.2) is 0 Å². The van der Waals surface area contributed by atoms with Crippen LogP contribution in [0, 0.1) is 11.8 Å². The van der Waals surface area contributed by atoms with E-state index in [1.165, 1.54) is 0 Å². The third-order valence-corrected chi connectivity index (χ3v) is 5.86. The maximum absolute atomic E-state index is 12.6. The van der Waals surface area contributed by atoms with E-state index in [2.05, 4.69) is 5.32 Å². The number of likely N-dealkylation sites (tertiary alicyclic amines) is 1. The average molecular weight is 373 g/mol. The highest BCUT2D eigenvalue weighted by molar-refractivity contribution is 5.80. The highest BCUT2D eigenvalue weighted by Crippen LogP contribution is 2.39. The summed E-state index contributed by atoms with van der Waals surface area (Å²) in [5.74, 6) is 1.44. The number of carbonyl (C=O) groups excluding carboxylic acids is 2. The number of nitrogens with two attached hydrogens (primary N) is 1. The van der Waals surface area contributed by atoms with E-state index in [0.29, 0.717) is 51.4 Å². The lowest BCUT2D eigenvalue weighted by Gasteiger charge is -2.35. The van der Waals surface area contributed by atoms with Crippen molar-refractivity contribution in [3.8, 4) is 5.75 Å². The molecule has 6 nitrogen and oxygen atoms in total. The van der Waals surface area contributed by atoms with Crippen molar-refractivity contribution in [2.75, 3.05) is 26.2 Å². The Morgan fingerprint density at radius 3 is 2.44 bits per heavy atom. The maximum Gasteiger partial charge on any atom is 0.225 e. The third-order valence-electron chi connectivity index (χ3n) is 5.86. The predicted octanol–water partition coefficient (Wildman–Crippen LogP) is 1.94. The first-order valence-corrected chi connectivity index (χ1v) is 9.99. The zero-order chi connectivity index (χ0) is 19.3. The lowest BCUT2D eigenvalue weighted by molar-refractivity contribution is -0.136. The molecule has 27 heavy (non-hydrogen) atoms. The number of nitrogens with one attached hydrogen (secondary N) is 1. The van der Waals surface area contributed by atoms with E-state index in [1.54, 1.807) is 0 Å². The van der Waals surface area contributed by atoms with Crippen molar-refractivity contribution in [3.05, 3.63) is 30.3 Å². The quantitative estimate of drug-likeness (QED) is 0.729. The zero-order valence-corrected chi connectivity index (χ0v) is 16.2. The van der Waals surface area contributed by atoms with E-state index in [-0.39, 0.29) is 23.3 Å². The van der Waals surface area contributed by atoms with E-state index >= 15 is 0 Å². The molecule has 1 aliphatic carbocycles. The Balaban J connectivity index is 1.39. The summed E-state index contributed by atoms with van der Waals surface area (Å²) < 4.78 is 5.60. The standard InChI is InChI=1S/C21H31N3O3/c1-21(15-22,17-7-8-17)23-20(26)16-9-12-24(13-10-16)19(25)11-14-27-18-5-3-2-4-6-18/h2-6,16-17H,7-15,22H2,1H3,(H,23,26). The van der Waals surface area contributed by atoms with E-state index < -0.39 is 0 Å². The molecule has 0 bridgehead atoms. The largest absolute Gasteiger partial charge is 0.493 e. The summed E-state index contributed by atoms with van der Waals surface area (Å²) in [6.07, 6.45) is 4.07. The van der Waals surface area contributed by atoms with Gasteiger partial charge in [-0.05, 0) is 50.7 Å². The Hall–Kier alpha value is -2.08. The zero-order valence-electron chi connectivity index (χ0n) is 16.2. The fourth-order valence-corrected chi connectivity index (χ4v) is 3.75. The van der Waals surface area contributed by atoms with Crippen molar-refractivity contribution >= 4 is 11.8 Å². The number of benzene rings is 1. The van der Waals surface area contributed by atoms with Crippen LogP contribution in [-0.2, 0) is 9.59 Å². The Bertz CT molecular complexity index is 639. The van der Waals surface area contributed by atoms with Gasteiger partial charge in [0.2, 0.25) is 11.8 Å². The van der Waals surface area contributed by atoms with Crippen LogP contribution in [0.5, 0.6) is 5.75 Å². The van der Waals surface area contributed by atoms with Gasteiger partial charge in [0.25, 0.3) is 0 Å². The van der Waals surface area contributed by atoms with Crippen LogP contribution in [0.3, 0.4) is 0 Å². The summed E-state index contributed by atoms with van der Waals surface area (Å²) >= 11 is 0. The first-order valence-electron chi connectivity index (χ1n) is 9.99. The Morgan fingerprint density at radius 2 is 1.85 bits per heavy atom. The maximum atomic E-state index is 12.6. The van der Waals surface area contributed by atoms with Gasteiger partial charge in [-0.15, -0.1) is 0 Å². The van der Waals surface area contributed by atoms with Gasteiger partial charge >= 0.3 is 0 Å². The molecule has 2 aliphatic rings. The van der Waals surface area contributed by atoms with E-state index in [9.17, 15) is 9.59 Å². The minimum Gasteiger partial charge on any atom is -0.493 e. The molecule has 1 aromatic rings. The molecule has 0 aromatic heterocycles. The van der Waals surface area contributed by atoms with Crippen molar-refractivity contribution < 1.29 is 14.3 Å². The molecule has 3 N–H and O–H groups in total. The minimum absolute atomic E-state index is 0.0285. The van der Waals surface area contributed by atoms with Gasteiger partial charge in [-0.1, -0.05) is 18.2 Å². The lowest BCUT2D eigenvalue weighted by Crippen LogP contribution is -2.55. The number of amides is 2. The van der Waals surface area contributed by atoms with Crippen molar-refractivity contribution in [2.45, 2.75) is 44.6 Å². The van der Waals surface area contributed by atoms with Crippen molar-refractivity contribution in [3.63, 3.8) is 0 Å². The summed E-state index contributed by atoms with van der Waals surface area (Å²) in [4.78, 5) is 26.8. The van der Waals surface area contributed by atoms with Crippen LogP contribution in [0.2, 0.25) is 0 Å². The summed E-state index contributed by atoms with van der Waals surface area (Å²) in [6.45, 7) is 4.16. The number of hydrogen-bond donors (Lipinski definition) is 2. The molecular formula is C21H31N3O3. The van der Waals surface area contributed by atoms with Crippen LogP contribution in [0.1, 0.15) is 39.0 Å². The Morgan fingerprint density at radius 1 is 1.19 bits per heavy atom. The average Bonchev–Trinajstić information content (AvgIpc) is 3.54. The van der Waals surface area contributed by atoms with Gasteiger partial charge in [-0.3, -0.25) is 9.59 Å². The van der Waals surface area contributed by atoms with Crippen LogP contribution in [-0.4, -0.2) is 48.5 Å². The van der Waals surface area contributed by atoms with Crippen molar-refractivity contribution in [2.24, 2.45) is 17.6 Å². The SMILES string of the molecule is CC(CN)(NC(=O)C1CCN(C(=O)CCOc2ccccc2)CC1)C1CC1. The molecule has 1 saturated heterocycles. The van der Waals surface area contributed by atoms with Crippen LogP contribution < -0.4 is 15.8 Å². The Labute approximate surface area is 161 Å². The van der Waals surface area contributed by atoms with Gasteiger partial charge < -0.3 is 20.7 Å². The number of hydrogen-bond acceptors (Lipinski definition) is 4. The fourth-order valence-electron chi connectivity index (χ4n) is 3.75. The van der Waals surface area contributed by atoms with Gasteiger partial charge in [0.1, 0.15) is 5.75 Å². The molecule has 1 aromatic carbocycles. The molecule has 1 heterocycles. The second kappa shape index (κ2) is 8.74. The molecule has 0 radical (unpaired) electrons. The van der Waals surface area contributed by atoms with Crippen molar-refractivity contribution in [1.29, 1.82) is 0 Å². The number of carbonyl (C=O) groups is 2. The molecule has 1 aliphatic heterocycles. The van der Waals surface area contributed by atoms with Crippen LogP contribution in [0.15, 0.2) is 30.3 Å². The number of ether oxygens (including phenoxy) is 1. The third kappa shape index (κ3) is 5.22. The number of rotatable bonds is 8. The van der Waals surface area contributed by atoms with Gasteiger partial charge in [0, 0.05) is 25.6 Å². The number of nitrogens with zero attached hydrogens (tertiary/aromatic N) is 1. The highest BCUT2D eigenvalue weighted by Gasteiger charge is 2.42. The smallest absolute Gasteiger partial charge is 0.225 e. The molecule has 148 valence electrons. The molecule has 2 amide bonds. The van der Waals surface area contributed by atoms with E-state index in [0.717, 1.165) is 18.6 Å². The van der Waals surface area contributed by atoms with Crippen LogP contribution in [0.25, 0.3) is 0 Å². The summed E-state index contributed by atoms with van der Waals surface area (Å²) in [5, 5.41) is 3.18. The predicted molar refractivity (Wildman–Crippen MR) is 104 cm³/mol. The number of para-hydroxylation sites is 1. The monoisotopic (exact) mass is 373 g/mol. The second-order valence-electron chi connectivity index (χ2n) is 7.95. The molecule has 2 fully saturated rings. The molecule has 1 atom stereocenters. The molecule has 0 spiro atoms. The molecule has 3 rings (SSSR count). The first-order chi connectivity index (χ1) is 13.0. The van der Waals surface area contributed by atoms with Crippen LogP contribution >= 0.6 is 0 Å². The molecule has 1 unspecified atom stereocenters. The van der Waals surface area contributed by atoms with Gasteiger partial charge in [0.15, 0.2) is 0 Å². The van der Waals surface area contributed by atoms with Gasteiger partial charge in [-0.2, -0.15) is 0 Å². The highest BCUT2D eigenvalue weighted by atomic mass is 16.5. The summed E-state index contributed by atoms with van der Waals surface area (Å²) in [6, 6.07) is 9.51. The lowest BCUT2D eigenvalue weighted by atomic mass is 9.91. The fraction of sp³-hybridized carbons (Fsp3) is 0.619. The number of piperidine rings is 1. The second-order valence-corrected chi connectivity index (χ2v) is 7.95. The van der Waals surface area contributed by atoms with E-state index in [1.807, 2.05) is 42.2 Å². The normalized spacial score (nSPS) is 20.0. The van der Waals surface area contributed by atoms with Crippen molar-refractivity contribution in [1.82, 2.24) is 10.2 Å².